The van der Waals surface area contributed by atoms with Gasteiger partial charge in [-0.3, -0.25) is 9.59 Å². The summed E-state index contributed by atoms with van der Waals surface area (Å²) in [5.74, 6) is -2.86. The summed E-state index contributed by atoms with van der Waals surface area (Å²) in [7, 11) is 1.27. The quantitative estimate of drug-likeness (QED) is 0.315. The Bertz CT molecular complexity index is 1400. The van der Waals surface area contributed by atoms with E-state index < -0.39 is 59.9 Å². The molecule has 0 atom stereocenters. The molecule has 0 saturated heterocycles. The second kappa shape index (κ2) is 11.5. The number of aliphatic hydroxyl groups excluding tert-OH is 1. The summed E-state index contributed by atoms with van der Waals surface area (Å²) >= 11 is 0. The van der Waals surface area contributed by atoms with E-state index in [4.69, 9.17) is 0 Å². The molecule has 3 rings (SSSR count). The van der Waals surface area contributed by atoms with Gasteiger partial charge in [-0.15, -0.1) is 0 Å². The topological polar surface area (TPSA) is 60.9 Å². The maximum atomic E-state index is 15.6. The van der Waals surface area contributed by atoms with Crippen LogP contribution in [0.3, 0.4) is 0 Å². The van der Waals surface area contributed by atoms with E-state index in [1.807, 2.05) is 0 Å². The summed E-state index contributed by atoms with van der Waals surface area (Å²) in [4.78, 5) is 28.0. The number of nitrogens with zero attached hydrogens (tertiary/aromatic N) is 2. The van der Waals surface area contributed by atoms with Gasteiger partial charge in [-0.25, -0.2) is 8.78 Å². The second-order valence-electron chi connectivity index (χ2n) is 9.16. The zero-order valence-corrected chi connectivity index (χ0v) is 21.9. The Kier molecular flexibility index (Phi) is 8.82. The van der Waals surface area contributed by atoms with Crippen LogP contribution in [-0.2, 0) is 5.67 Å². The fourth-order valence-electron chi connectivity index (χ4n) is 4.46. The minimum Gasteiger partial charge on any atom is -0.395 e. The number of aliphatic hydroxyl groups is 1. The summed E-state index contributed by atoms with van der Waals surface area (Å²) < 4.78 is 110. The van der Waals surface area contributed by atoms with Crippen LogP contribution in [0.4, 0.5) is 46.5 Å². The average Bonchev–Trinajstić information content (AvgIpc) is 2.89. The van der Waals surface area contributed by atoms with Crippen molar-refractivity contribution in [2.75, 3.05) is 30.0 Å². The number of carbonyl (C=O) groups excluding carboxylic acids is 2. The molecule has 3 aromatic carbocycles. The Morgan fingerprint density at radius 1 is 0.805 bits per heavy atom. The van der Waals surface area contributed by atoms with E-state index in [9.17, 15) is 45.4 Å². The van der Waals surface area contributed by atoms with Gasteiger partial charge in [0.25, 0.3) is 11.8 Å². The highest BCUT2D eigenvalue weighted by atomic mass is 19.4. The van der Waals surface area contributed by atoms with Crippen molar-refractivity contribution in [3.05, 3.63) is 94.3 Å². The van der Waals surface area contributed by atoms with E-state index >= 15 is 4.39 Å². The molecule has 0 unspecified atom stereocenters. The molecule has 0 spiro atoms. The average molecular weight is 588 g/mol. The predicted molar refractivity (Wildman–Crippen MR) is 135 cm³/mol. The minimum atomic E-state index is -6.35. The maximum Gasteiger partial charge on any atom is 0.435 e. The van der Waals surface area contributed by atoms with E-state index in [1.165, 1.54) is 31.3 Å². The van der Waals surface area contributed by atoms with Gasteiger partial charge in [0.1, 0.15) is 0 Å². The summed E-state index contributed by atoms with van der Waals surface area (Å²) in [6.07, 6.45) is -12.7. The third-order valence-corrected chi connectivity index (χ3v) is 6.40. The van der Waals surface area contributed by atoms with Gasteiger partial charge in [0.15, 0.2) is 5.82 Å². The third-order valence-electron chi connectivity index (χ3n) is 6.40. The molecule has 0 bridgehead atoms. The van der Waals surface area contributed by atoms with Crippen LogP contribution < -0.4 is 9.80 Å². The molecule has 13 heteroatoms. The first-order valence-electron chi connectivity index (χ1n) is 12.0. The largest absolute Gasteiger partial charge is 0.435 e. The lowest BCUT2D eigenvalue weighted by Crippen LogP contribution is -2.50. The highest BCUT2D eigenvalue weighted by molar-refractivity contribution is 6.09. The van der Waals surface area contributed by atoms with Crippen LogP contribution in [0.25, 0.3) is 0 Å². The van der Waals surface area contributed by atoms with Gasteiger partial charge < -0.3 is 14.9 Å². The summed E-state index contributed by atoms with van der Waals surface area (Å²) in [6, 6.07) is 12.0. The first-order valence-corrected chi connectivity index (χ1v) is 12.0. The zero-order chi connectivity index (χ0) is 30.9. The highest BCUT2D eigenvalue weighted by Gasteiger charge is 2.73. The molecule has 2 amide bonds. The van der Waals surface area contributed by atoms with E-state index in [-0.39, 0.29) is 28.1 Å². The second-order valence-corrected chi connectivity index (χ2v) is 9.16. The minimum absolute atomic E-state index is 0.223. The van der Waals surface area contributed by atoms with Crippen LogP contribution in [0.5, 0.6) is 0 Å². The lowest BCUT2D eigenvalue weighted by atomic mass is 9.90. The molecule has 0 radical (unpaired) electrons. The number of amides is 2. The number of anilines is 2. The fourth-order valence-corrected chi connectivity index (χ4v) is 4.46. The summed E-state index contributed by atoms with van der Waals surface area (Å²) in [5.41, 5.74) is -9.11. The maximum absolute atomic E-state index is 15.6. The Morgan fingerprint density at radius 2 is 1.34 bits per heavy atom. The first-order chi connectivity index (χ1) is 19.0. The van der Waals surface area contributed by atoms with Gasteiger partial charge >= 0.3 is 18.0 Å². The number of hydrogen-bond acceptors (Lipinski definition) is 3. The van der Waals surface area contributed by atoms with Crippen molar-refractivity contribution in [2.45, 2.75) is 31.9 Å². The van der Waals surface area contributed by atoms with E-state index in [0.717, 1.165) is 29.7 Å². The van der Waals surface area contributed by atoms with Crippen LogP contribution >= 0.6 is 0 Å². The number of halogens is 8. The molecule has 0 aliphatic carbocycles. The molecule has 0 aliphatic rings. The van der Waals surface area contributed by atoms with Gasteiger partial charge in [0.2, 0.25) is 0 Å². The van der Waals surface area contributed by atoms with Crippen molar-refractivity contribution in [3.8, 4) is 0 Å². The van der Waals surface area contributed by atoms with Gasteiger partial charge in [0.05, 0.1) is 17.9 Å². The summed E-state index contributed by atoms with van der Waals surface area (Å²) in [5, 5.41) is 9.59. The smallest absolute Gasteiger partial charge is 0.395 e. The Morgan fingerprint density at radius 3 is 1.83 bits per heavy atom. The number of carbonyl (C=O) groups is 2. The highest BCUT2D eigenvalue weighted by Crippen LogP contribution is 2.54. The molecule has 0 aromatic heterocycles. The normalized spacial score (nSPS) is 12.3. The van der Waals surface area contributed by atoms with Gasteiger partial charge in [-0.1, -0.05) is 36.4 Å². The Balaban J connectivity index is 2.10. The van der Waals surface area contributed by atoms with Crippen LogP contribution in [-0.4, -0.2) is 49.5 Å². The van der Waals surface area contributed by atoms with Crippen molar-refractivity contribution in [3.63, 3.8) is 0 Å². The van der Waals surface area contributed by atoms with Crippen molar-refractivity contribution in [1.82, 2.24) is 0 Å². The van der Waals surface area contributed by atoms with Gasteiger partial charge in [0, 0.05) is 30.4 Å². The number of hydrogen-bond donors (Lipinski definition) is 1. The van der Waals surface area contributed by atoms with Crippen LogP contribution in [0.1, 0.15) is 37.4 Å². The molecular formula is C28H24F8N2O3. The zero-order valence-electron chi connectivity index (χ0n) is 21.9. The Hall–Kier alpha value is -4.00. The molecule has 0 fully saturated rings. The van der Waals surface area contributed by atoms with Crippen LogP contribution in [0.2, 0.25) is 0 Å². The third kappa shape index (κ3) is 5.76. The molecule has 1 N–H and O–H groups in total. The lowest BCUT2D eigenvalue weighted by molar-refractivity contribution is -0.348. The number of benzene rings is 3. The lowest BCUT2D eigenvalue weighted by Gasteiger charge is -2.32. The van der Waals surface area contributed by atoms with E-state index in [2.05, 4.69) is 0 Å². The first kappa shape index (κ1) is 31.5. The summed E-state index contributed by atoms with van der Waals surface area (Å²) in [6.45, 7) is 0.839. The Labute approximate surface area is 229 Å². The van der Waals surface area contributed by atoms with Crippen molar-refractivity contribution in [1.29, 1.82) is 0 Å². The molecule has 5 nitrogen and oxygen atoms in total. The van der Waals surface area contributed by atoms with Crippen molar-refractivity contribution in [2.24, 2.45) is 0 Å². The molecule has 3 aromatic rings. The number of aryl methyl sites for hydroxylation is 2. The SMILES string of the molecule is Cc1cc(C(F)(C(F)(F)F)C(F)(F)F)cc(C)c1N(CCO)C(=O)c1cccc(N(C)C(=O)c2ccccc2)c1F. The molecule has 0 heterocycles. The molecular weight excluding hydrogens is 564 g/mol. The standard InChI is InChI=1S/C28H24F8N2O3/c1-16-14-19(26(30,27(31,32)33)28(34,35)36)15-17(2)23(16)38(12-13-39)25(41)20-10-7-11-21(22(20)29)37(3)24(40)18-8-5-4-6-9-18/h4-11,14-15,39H,12-13H2,1-3H3. The number of rotatable bonds is 7. The fraction of sp³-hybridized carbons (Fsp3) is 0.286. The predicted octanol–water partition coefficient (Wildman–Crippen LogP) is 6.65. The van der Waals surface area contributed by atoms with Gasteiger partial charge in [-0.05, 0) is 49.2 Å². The molecule has 0 saturated carbocycles. The van der Waals surface area contributed by atoms with Crippen LogP contribution in [0, 0.1) is 19.7 Å². The van der Waals surface area contributed by atoms with Gasteiger partial charge in [-0.2, -0.15) is 26.3 Å². The molecule has 220 valence electrons. The monoisotopic (exact) mass is 588 g/mol. The van der Waals surface area contributed by atoms with E-state index in [1.54, 1.807) is 18.2 Å². The van der Waals surface area contributed by atoms with E-state index in [0.29, 0.717) is 12.1 Å². The van der Waals surface area contributed by atoms with Crippen LogP contribution in [0.15, 0.2) is 60.7 Å². The molecule has 0 aliphatic heterocycles. The van der Waals surface area contributed by atoms with Crippen molar-refractivity contribution >= 4 is 23.2 Å². The number of alkyl halides is 7. The molecule has 41 heavy (non-hydrogen) atoms. The van der Waals surface area contributed by atoms with Crippen molar-refractivity contribution < 1.29 is 49.8 Å².